The van der Waals surface area contributed by atoms with Gasteiger partial charge in [-0.15, -0.1) is 11.3 Å². The van der Waals surface area contributed by atoms with Gasteiger partial charge in [0.2, 0.25) is 5.91 Å². The van der Waals surface area contributed by atoms with E-state index in [1.165, 1.54) is 26.8 Å². The molecule has 202 valence electrons. The molecule has 2 heterocycles. The SMILES string of the molecule is CCCc1c(OCCCCOc2cccc(C3SC(=O)NC3=O)c2)ccc2c(CCc3ccccc3)csc12. The Morgan fingerprint density at radius 2 is 1.69 bits per heavy atom. The van der Waals surface area contributed by atoms with Crippen LogP contribution in [0.2, 0.25) is 0 Å². The van der Waals surface area contributed by atoms with Crippen LogP contribution in [0.25, 0.3) is 10.1 Å². The van der Waals surface area contributed by atoms with Gasteiger partial charge in [-0.25, -0.2) is 0 Å². The fraction of sp³-hybridized carbons (Fsp3) is 0.312. The summed E-state index contributed by atoms with van der Waals surface area (Å²) in [7, 11) is 0. The number of hydrogen-bond donors (Lipinski definition) is 1. The molecule has 1 aliphatic heterocycles. The maximum absolute atomic E-state index is 12.0. The van der Waals surface area contributed by atoms with E-state index in [1.54, 1.807) is 0 Å². The third-order valence-corrected chi connectivity index (χ3v) is 8.96. The zero-order valence-electron chi connectivity index (χ0n) is 22.1. The number of unbranched alkanes of at least 4 members (excludes halogenated alkanes) is 1. The number of aryl methyl sites for hydroxylation is 3. The lowest BCUT2D eigenvalue weighted by Crippen LogP contribution is -2.20. The highest BCUT2D eigenvalue weighted by Gasteiger charge is 2.33. The molecule has 5 nitrogen and oxygen atoms in total. The summed E-state index contributed by atoms with van der Waals surface area (Å²) in [6.07, 6.45) is 5.92. The number of carbonyl (C=O) groups is 2. The number of ether oxygens (including phenoxy) is 2. The molecule has 0 radical (unpaired) electrons. The van der Waals surface area contributed by atoms with Gasteiger partial charge in [0.1, 0.15) is 16.7 Å². The van der Waals surface area contributed by atoms with Crippen LogP contribution in [-0.2, 0) is 24.1 Å². The van der Waals surface area contributed by atoms with Gasteiger partial charge in [-0.2, -0.15) is 0 Å². The first-order valence-corrected chi connectivity index (χ1v) is 15.3. The summed E-state index contributed by atoms with van der Waals surface area (Å²) in [5.74, 6) is 1.43. The summed E-state index contributed by atoms with van der Waals surface area (Å²) in [5, 5.41) is 5.20. The Balaban J connectivity index is 1.12. The predicted octanol–water partition coefficient (Wildman–Crippen LogP) is 7.90. The fourth-order valence-corrected chi connectivity index (χ4v) is 6.85. The minimum absolute atomic E-state index is 0.272. The monoisotopic (exact) mass is 559 g/mol. The predicted molar refractivity (Wildman–Crippen MR) is 160 cm³/mol. The van der Waals surface area contributed by atoms with Crippen molar-refractivity contribution in [3.05, 3.63) is 94.4 Å². The van der Waals surface area contributed by atoms with E-state index in [9.17, 15) is 9.59 Å². The number of hydrogen-bond acceptors (Lipinski definition) is 6. The highest BCUT2D eigenvalue weighted by Crippen LogP contribution is 2.37. The Kier molecular flexibility index (Phi) is 9.22. The standard InChI is InChI=1S/C32H33NO4S2/c1-2-9-27-28(17-16-26-24(21-38-30(26)27)15-14-22-10-4-3-5-11-22)37-19-7-6-18-36-25-13-8-12-23(20-25)29-31(34)33-32(35)39-29/h3-5,8,10-13,16-17,20-21,29H,2,6-7,9,14-15,18-19H2,1H3,(H,33,34,35). The van der Waals surface area contributed by atoms with E-state index in [2.05, 4.69) is 60.1 Å². The van der Waals surface area contributed by atoms with Crippen molar-refractivity contribution in [3.8, 4) is 11.5 Å². The molecule has 1 saturated heterocycles. The minimum atomic E-state index is -0.507. The van der Waals surface area contributed by atoms with Crippen LogP contribution in [0.1, 0.15) is 53.7 Å². The Morgan fingerprint density at radius 1 is 0.872 bits per heavy atom. The van der Waals surface area contributed by atoms with Crippen LogP contribution in [0.15, 0.2) is 72.1 Å². The molecular formula is C32H33NO4S2. The van der Waals surface area contributed by atoms with Crippen LogP contribution in [-0.4, -0.2) is 24.4 Å². The van der Waals surface area contributed by atoms with Gasteiger partial charge >= 0.3 is 0 Å². The molecule has 0 spiro atoms. The van der Waals surface area contributed by atoms with Gasteiger partial charge in [-0.1, -0.05) is 55.8 Å². The van der Waals surface area contributed by atoms with Crippen molar-refractivity contribution < 1.29 is 19.1 Å². The van der Waals surface area contributed by atoms with Crippen LogP contribution in [0.4, 0.5) is 4.79 Å². The lowest BCUT2D eigenvalue weighted by molar-refractivity contribution is -0.119. The van der Waals surface area contributed by atoms with Crippen LogP contribution >= 0.6 is 23.1 Å². The number of benzene rings is 3. The molecule has 5 rings (SSSR count). The molecule has 2 amide bonds. The molecule has 1 aromatic heterocycles. The molecule has 4 aromatic rings. The number of amides is 2. The molecule has 0 saturated carbocycles. The van der Waals surface area contributed by atoms with Gasteiger partial charge in [0.15, 0.2) is 0 Å². The van der Waals surface area contributed by atoms with E-state index in [1.807, 2.05) is 35.6 Å². The topological polar surface area (TPSA) is 64.6 Å². The molecule has 1 unspecified atom stereocenters. The first kappa shape index (κ1) is 27.3. The largest absolute Gasteiger partial charge is 0.494 e. The molecule has 0 aliphatic carbocycles. The smallest absolute Gasteiger partial charge is 0.286 e. The second-order valence-electron chi connectivity index (χ2n) is 9.67. The van der Waals surface area contributed by atoms with Crippen molar-refractivity contribution in [1.29, 1.82) is 0 Å². The van der Waals surface area contributed by atoms with Gasteiger partial charge in [-0.05, 0) is 95.6 Å². The van der Waals surface area contributed by atoms with Gasteiger partial charge < -0.3 is 9.47 Å². The highest BCUT2D eigenvalue weighted by molar-refractivity contribution is 8.15. The first-order chi connectivity index (χ1) is 19.1. The number of nitrogens with one attached hydrogen (secondary N) is 1. The maximum Gasteiger partial charge on any atom is 0.286 e. The lowest BCUT2D eigenvalue weighted by Gasteiger charge is -2.13. The number of imide groups is 1. The summed E-state index contributed by atoms with van der Waals surface area (Å²) in [6, 6.07) is 22.5. The van der Waals surface area contributed by atoms with E-state index in [-0.39, 0.29) is 11.1 Å². The van der Waals surface area contributed by atoms with E-state index >= 15 is 0 Å². The normalized spacial score (nSPS) is 15.1. The van der Waals surface area contributed by atoms with Crippen molar-refractivity contribution in [2.75, 3.05) is 13.2 Å². The fourth-order valence-electron chi connectivity index (χ4n) is 4.85. The van der Waals surface area contributed by atoms with Crippen molar-refractivity contribution in [2.24, 2.45) is 0 Å². The zero-order chi connectivity index (χ0) is 27.0. The van der Waals surface area contributed by atoms with Gasteiger partial charge in [-0.3, -0.25) is 14.9 Å². The van der Waals surface area contributed by atoms with E-state index < -0.39 is 5.25 Å². The van der Waals surface area contributed by atoms with Crippen molar-refractivity contribution in [1.82, 2.24) is 5.32 Å². The van der Waals surface area contributed by atoms with E-state index in [0.717, 1.165) is 61.6 Å². The first-order valence-electron chi connectivity index (χ1n) is 13.6. The zero-order valence-corrected chi connectivity index (χ0v) is 23.7. The average molecular weight is 560 g/mol. The second kappa shape index (κ2) is 13.2. The molecule has 1 fully saturated rings. The third kappa shape index (κ3) is 6.84. The van der Waals surface area contributed by atoms with Crippen LogP contribution < -0.4 is 14.8 Å². The summed E-state index contributed by atoms with van der Waals surface area (Å²) < 4.78 is 13.5. The number of fused-ring (bicyclic) bond motifs is 1. The Labute approximate surface area is 237 Å². The number of thioether (sulfide) groups is 1. The second-order valence-corrected chi connectivity index (χ2v) is 11.6. The number of rotatable bonds is 13. The van der Waals surface area contributed by atoms with Crippen molar-refractivity contribution in [3.63, 3.8) is 0 Å². The van der Waals surface area contributed by atoms with E-state index in [4.69, 9.17) is 9.47 Å². The molecule has 0 bridgehead atoms. The average Bonchev–Trinajstić information content (AvgIpc) is 3.53. The summed E-state index contributed by atoms with van der Waals surface area (Å²) in [6.45, 7) is 3.42. The third-order valence-electron chi connectivity index (χ3n) is 6.82. The molecule has 1 aliphatic rings. The Bertz CT molecular complexity index is 1430. The number of thiophene rings is 1. The molecular weight excluding hydrogens is 526 g/mol. The van der Waals surface area contributed by atoms with Crippen LogP contribution in [0.5, 0.6) is 11.5 Å². The maximum atomic E-state index is 12.0. The summed E-state index contributed by atoms with van der Waals surface area (Å²) in [4.78, 5) is 23.4. The molecule has 3 aromatic carbocycles. The van der Waals surface area contributed by atoms with E-state index in [0.29, 0.717) is 19.0 Å². The van der Waals surface area contributed by atoms with Gasteiger partial charge in [0, 0.05) is 10.3 Å². The molecule has 1 N–H and O–H groups in total. The minimum Gasteiger partial charge on any atom is -0.494 e. The Hall–Kier alpha value is -3.29. The van der Waals surface area contributed by atoms with Crippen molar-refractivity contribution >= 4 is 44.3 Å². The van der Waals surface area contributed by atoms with Gasteiger partial charge in [0.25, 0.3) is 5.24 Å². The number of carbonyl (C=O) groups excluding carboxylic acids is 2. The molecule has 39 heavy (non-hydrogen) atoms. The molecule has 1 atom stereocenters. The Morgan fingerprint density at radius 3 is 2.46 bits per heavy atom. The quantitative estimate of drug-likeness (QED) is 0.169. The van der Waals surface area contributed by atoms with Crippen LogP contribution in [0.3, 0.4) is 0 Å². The van der Waals surface area contributed by atoms with Crippen molar-refractivity contribution in [2.45, 2.75) is 50.7 Å². The highest BCUT2D eigenvalue weighted by atomic mass is 32.2. The summed E-state index contributed by atoms with van der Waals surface area (Å²) >= 11 is 2.85. The summed E-state index contributed by atoms with van der Waals surface area (Å²) in [5.41, 5.74) is 4.90. The lowest BCUT2D eigenvalue weighted by atomic mass is 10.0. The molecule has 7 heteroatoms. The van der Waals surface area contributed by atoms with Crippen LogP contribution in [0, 0.1) is 0 Å². The van der Waals surface area contributed by atoms with Gasteiger partial charge in [0.05, 0.1) is 13.2 Å².